The summed E-state index contributed by atoms with van der Waals surface area (Å²) >= 11 is 0. The summed E-state index contributed by atoms with van der Waals surface area (Å²) in [5.41, 5.74) is 5.25. The van der Waals surface area contributed by atoms with Crippen LogP contribution in [0, 0.1) is 17.8 Å². The predicted octanol–water partition coefficient (Wildman–Crippen LogP) is 5.58. The van der Waals surface area contributed by atoms with Crippen LogP contribution in [0.15, 0.2) is 58.7 Å². The number of rotatable bonds is 5. The fourth-order valence-corrected chi connectivity index (χ4v) is 7.49. The largest absolute Gasteiger partial charge is 0.461 e. The molecule has 0 spiro atoms. The van der Waals surface area contributed by atoms with Crippen molar-refractivity contribution in [2.45, 2.75) is 84.3 Å². The summed E-state index contributed by atoms with van der Waals surface area (Å²) in [6.07, 6.45) is 20.3. The first-order chi connectivity index (χ1) is 16.0. The predicted molar refractivity (Wildman–Crippen MR) is 138 cm³/mol. The molecule has 0 aromatic heterocycles. The van der Waals surface area contributed by atoms with Crippen molar-refractivity contribution in [3.63, 3.8) is 0 Å². The first kappa shape index (κ1) is 23.4. The summed E-state index contributed by atoms with van der Waals surface area (Å²) < 4.78 is 8.56. The van der Waals surface area contributed by atoms with E-state index < -0.39 is 0 Å². The van der Waals surface area contributed by atoms with Gasteiger partial charge in [0.15, 0.2) is 6.04 Å². The van der Waals surface area contributed by atoms with Crippen molar-refractivity contribution in [2.24, 2.45) is 17.8 Å². The Morgan fingerprint density at radius 1 is 1.03 bits per heavy atom. The summed E-state index contributed by atoms with van der Waals surface area (Å²) in [5, 5.41) is 0. The van der Waals surface area contributed by atoms with Crippen LogP contribution in [0.2, 0.25) is 0 Å². The molecule has 6 unspecified atom stereocenters. The lowest BCUT2D eigenvalue weighted by molar-refractivity contribution is -0.582. The average molecular weight is 462 g/mol. The molecular formula is C30H41N2O2+. The summed E-state index contributed by atoms with van der Waals surface area (Å²) in [6, 6.07) is 0.134. The van der Waals surface area contributed by atoms with Gasteiger partial charge in [-0.3, -0.25) is 9.37 Å². The number of hydrogen-bond acceptors (Lipinski definition) is 3. The Morgan fingerprint density at radius 3 is 2.35 bits per heavy atom. The van der Waals surface area contributed by atoms with Gasteiger partial charge in [-0.2, -0.15) is 0 Å². The summed E-state index contributed by atoms with van der Waals surface area (Å²) in [4.78, 5) is 15.5. The van der Waals surface area contributed by atoms with Crippen LogP contribution in [-0.4, -0.2) is 52.1 Å². The molecule has 5 rings (SSSR count). The average Bonchev–Trinajstić information content (AvgIpc) is 3.45. The third kappa shape index (κ3) is 4.25. The molecule has 0 aromatic rings. The highest BCUT2D eigenvalue weighted by Gasteiger charge is 2.49. The number of esters is 1. The van der Waals surface area contributed by atoms with Gasteiger partial charge in [0.05, 0.1) is 5.92 Å². The van der Waals surface area contributed by atoms with Crippen LogP contribution < -0.4 is 0 Å². The van der Waals surface area contributed by atoms with Crippen LogP contribution in [0.25, 0.3) is 0 Å². The second-order valence-corrected chi connectivity index (χ2v) is 12.2. The molecule has 0 radical (unpaired) electrons. The second kappa shape index (κ2) is 8.39. The fraction of sp³-hybridized carbons (Fsp3) is 0.600. The monoisotopic (exact) mass is 461 g/mol. The molecule has 5 aliphatic rings. The van der Waals surface area contributed by atoms with E-state index in [9.17, 15) is 4.79 Å². The van der Waals surface area contributed by atoms with Crippen LogP contribution in [0.1, 0.15) is 67.2 Å². The number of carbonyl (C=O) groups excluding carboxylic acids is 1. The van der Waals surface area contributed by atoms with E-state index >= 15 is 0 Å². The highest BCUT2D eigenvalue weighted by atomic mass is 16.5. The second-order valence-electron chi connectivity index (χ2n) is 12.2. The van der Waals surface area contributed by atoms with Crippen LogP contribution >= 0.6 is 0 Å². The van der Waals surface area contributed by atoms with Gasteiger partial charge in [-0.25, -0.2) is 4.90 Å². The van der Waals surface area contributed by atoms with Gasteiger partial charge in [0.2, 0.25) is 6.34 Å². The minimum absolute atomic E-state index is 0.00485. The van der Waals surface area contributed by atoms with Crippen molar-refractivity contribution < 1.29 is 14.1 Å². The zero-order chi connectivity index (χ0) is 24.3. The third-order valence-electron chi connectivity index (χ3n) is 8.61. The zero-order valence-electron chi connectivity index (χ0n) is 21.8. The molecule has 0 saturated heterocycles. The van der Waals surface area contributed by atoms with Gasteiger partial charge in [-0.05, 0) is 78.4 Å². The van der Waals surface area contributed by atoms with Gasteiger partial charge in [-0.15, -0.1) is 0 Å². The Balaban J connectivity index is 1.39. The van der Waals surface area contributed by atoms with Crippen LogP contribution in [0.5, 0.6) is 0 Å². The maximum atomic E-state index is 13.1. The van der Waals surface area contributed by atoms with Gasteiger partial charge in [0.25, 0.3) is 0 Å². The van der Waals surface area contributed by atoms with E-state index in [-0.39, 0.29) is 29.0 Å². The Labute approximate surface area is 205 Å². The molecule has 6 atom stereocenters. The Hall–Kier alpha value is -2.36. The molecule has 4 aliphatic carbocycles. The molecule has 2 bridgehead atoms. The lowest BCUT2D eigenvalue weighted by Crippen LogP contribution is -2.51. The Morgan fingerprint density at radius 2 is 1.74 bits per heavy atom. The lowest BCUT2D eigenvalue weighted by atomic mass is 9.84. The molecule has 34 heavy (non-hydrogen) atoms. The summed E-state index contributed by atoms with van der Waals surface area (Å²) in [5.74, 6) is 1.02. The Bertz CT molecular complexity index is 1070. The maximum Gasteiger partial charge on any atom is 0.309 e. The molecule has 1 heterocycles. The third-order valence-corrected chi connectivity index (χ3v) is 8.61. The number of hydrogen-bond donors (Lipinski definition) is 0. The highest BCUT2D eigenvalue weighted by molar-refractivity contribution is 5.74. The Kier molecular flexibility index (Phi) is 5.77. The number of fused-ring (bicyclic) bond motifs is 2. The van der Waals surface area contributed by atoms with Crippen molar-refractivity contribution in [3.05, 3.63) is 58.7 Å². The van der Waals surface area contributed by atoms with E-state index in [1.54, 1.807) is 0 Å². The maximum absolute atomic E-state index is 13.1. The molecule has 0 N–H and O–H groups in total. The number of ether oxygens (including phenoxy) is 1. The van der Waals surface area contributed by atoms with Crippen molar-refractivity contribution in [2.75, 3.05) is 13.2 Å². The molecule has 0 aromatic carbocycles. The zero-order valence-corrected chi connectivity index (χ0v) is 21.8. The van der Waals surface area contributed by atoms with E-state index in [4.69, 9.17) is 4.74 Å². The molecule has 1 aliphatic heterocycles. The smallest absolute Gasteiger partial charge is 0.309 e. The van der Waals surface area contributed by atoms with Gasteiger partial charge in [0.1, 0.15) is 24.2 Å². The quantitative estimate of drug-likeness (QED) is 0.304. The van der Waals surface area contributed by atoms with Gasteiger partial charge in [0, 0.05) is 12.8 Å². The standard InChI is InChI=1S/C30H41N2O2/c1-20-9-21(2)14-29(5,13-20)31-17-26(18-34-28(33)27-12-24-7-8-25(27)11-24)32(19-31)30(6)15-22(3)10-23(4)16-30/h7-10,13,15,19,24-27H,11-12,14,16-18H2,1-6H3/q+1. The molecule has 0 amide bonds. The van der Waals surface area contributed by atoms with E-state index in [0.29, 0.717) is 18.4 Å². The minimum Gasteiger partial charge on any atom is -0.461 e. The van der Waals surface area contributed by atoms with Crippen molar-refractivity contribution in [3.8, 4) is 0 Å². The molecule has 1 fully saturated rings. The highest BCUT2D eigenvalue weighted by Crippen LogP contribution is 2.44. The summed E-state index contributed by atoms with van der Waals surface area (Å²) in [6.45, 7) is 14.8. The van der Waals surface area contributed by atoms with Crippen molar-refractivity contribution in [1.29, 1.82) is 0 Å². The molecule has 182 valence electrons. The van der Waals surface area contributed by atoms with Gasteiger partial charge >= 0.3 is 5.97 Å². The first-order valence-electron chi connectivity index (χ1n) is 13.0. The SMILES string of the molecule is CC1=CC(C)(N2C=[N+](C3(C)C=C(C)C=C(C)C3)CC2COC(=O)C2CC3C=CC2C3)CC(C)=C1. The van der Waals surface area contributed by atoms with Crippen molar-refractivity contribution >= 4 is 12.3 Å². The summed E-state index contributed by atoms with van der Waals surface area (Å²) in [7, 11) is 0. The van der Waals surface area contributed by atoms with Gasteiger partial charge in [-0.1, -0.05) is 46.6 Å². The van der Waals surface area contributed by atoms with E-state index in [1.807, 2.05) is 0 Å². The van der Waals surface area contributed by atoms with E-state index in [0.717, 1.165) is 32.2 Å². The van der Waals surface area contributed by atoms with E-state index in [2.05, 4.69) is 93.8 Å². The molecule has 4 heteroatoms. The lowest BCUT2D eigenvalue weighted by Gasteiger charge is -2.36. The number of nitrogens with zero attached hydrogens (tertiary/aromatic N) is 2. The minimum atomic E-state index is -0.126. The topological polar surface area (TPSA) is 32.5 Å². The van der Waals surface area contributed by atoms with Crippen LogP contribution in [-0.2, 0) is 9.53 Å². The van der Waals surface area contributed by atoms with E-state index in [1.165, 1.54) is 22.3 Å². The normalized spacial score (nSPS) is 38.9. The fourth-order valence-electron chi connectivity index (χ4n) is 7.49. The van der Waals surface area contributed by atoms with Crippen molar-refractivity contribution in [1.82, 2.24) is 4.90 Å². The molecule has 4 nitrogen and oxygen atoms in total. The molecule has 1 saturated carbocycles. The molecular weight excluding hydrogens is 420 g/mol. The van der Waals surface area contributed by atoms with Crippen LogP contribution in [0.4, 0.5) is 0 Å². The van der Waals surface area contributed by atoms with Gasteiger partial charge < -0.3 is 4.74 Å². The van der Waals surface area contributed by atoms with Crippen LogP contribution in [0.3, 0.4) is 0 Å². The number of carbonyl (C=O) groups is 1. The first-order valence-corrected chi connectivity index (χ1v) is 13.0. The number of allylic oxidation sites excluding steroid dienone is 6.